The number of carbonyl (C=O) groups is 1. The molecule has 1 amide bonds. The first-order valence-electron chi connectivity index (χ1n) is 9.49. The molecule has 3 aromatic carbocycles. The lowest BCUT2D eigenvalue weighted by molar-refractivity contribution is 0.0929. The van der Waals surface area contributed by atoms with E-state index in [9.17, 15) is 4.79 Å². The number of rotatable bonds is 6. The van der Waals surface area contributed by atoms with Crippen molar-refractivity contribution in [2.45, 2.75) is 13.5 Å². The first-order valence-corrected chi connectivity index (χ1v) is 11.1. The van der Waals surface area contributed by atoms with Crippen molar-refractivity contribution in [1.82, 2.24) is 5.43 Å². The molecule has 0 fully saturated rings. The summed E-state index contributed by atoms with van der Waals surface area (Å²) in [4.78, 5) is 12.3. The van der Waals surface area contributed by atoms with Gasteiger partial charge in [-0.15, -0.1) is 0 Å². The Kier molecular flexibility index (Phi) is 6.53. The molecule has 4 aromatic rings. The van der Waals surface area contributed by atoms with E-state index in [0.29, 0.717) is 17.9 Å². The van der Waals surface area contributed by atoms with Gasteiger partial charge in [-0.25, -0.2) is 5.43 Å². The second-order valence-corrected chi connectivity index (χ2v) is 8.64. The van der Waals surface area contributed by atoms with E-state index >= 15 is 0 Å². The topological polar surface area (TPSA) is 63.8 Å². The van der Waals surface area contributed by atoms with E-state index < -0.39 is 5.91 Å². The van der Waals surface area contributed by atoms with Crippen LogP contribution in [0, 0.1) is 6.92 Å². The van der Waals surface area contributed by atoms with Crippen LogP contribution in [0.15, 0.2) is 85.2 Å². The van der Waals surface area contributed by atoms with Gasteiger partial charge >= 0.3 is 5.91 Å². The summed E-state index contributed by atoms with van der Waals surface area (Å²) in [5.41, 5.74) is 6.23. The normalized spacial score (nSPS) is 11.2. The minimum Gasteiger partial charge on any atom is -0.487 e. The van der Waals surface area contributed by atoms with Gasteiger partial charge in [0.1, 0.15) is 17.9 Å². The summed E-state index contributed by atoms with van der Waals surface area (Å²) in [6.45, 7) is 2.51. The molecule has 0 saturated heterocycles. The van der Waals surface area contributed by atoms with Crippen LogP contribution >= 0.6 is 31.9 Å². The summed E-state index contributed by atoms with van der Waals surface area (Å²) in [6, 6.07) is 21.1. The zero-order valence-electron chi connectivity index (χ0n) is 16.6. The number of benzene rings is 3. The average Bonchev–Trinajstić information content (AvgIpc) is 3.19. The molecule has 7 heteroatoms. The van der Waals surface area contributed by atoms with E-state index in [2.05, 4.69) is 61.4 Å². The number of hydrogen-bond donors (Lipinski definition) is 1. The molecule has 0 atom stereocenters. The Balaban J connectivity index is 1.40. The molecule has 0 aliphatic heterocycles. The summed E-state index contributed by atoms with van der Waals surface area (Å²) in [7, 11) is 0. The lowest BCUT2D eigenvalue weighted by Crippen LogP contribution is -2.16. The maximum atomic E-state index is 12.3. The Morgan fingerprint density at radius 3 is 2.48 bits per heavy atom. The van der Waals surface area contributed by atoms with Crippen LogP contribution in [-0.2, 0) is 6.61 Å². The highest BCUT2D eigenvalue weighted by molar-refractivity contribution is 9.11. The van der Waals surface area contributed by atoms with E-state index in [0.717, 1.165) is 25.5 Å². The highest BCUT2D eigenvalue weighted by atomic mass is 79.9. The van der Waals surface area contributed by atoms with Gasteiger partial charge in [0, 0.05) is 5.39 Å². The van der Waals surface area contributed by atoms with Crippen molar-refractivity contribution in [2.24, 2.45) is 5.10 Å². The fraction of sp³-hybridized carbons (Fsp3) is 0.0833. The van der Waals surface area contributed by atoms with Crippen LogP contribution in [0.1, 0.15) is 27.2 Å². The lowest BCUT2D eigenvalue weighted by atomic mass is 10.2. The van der Waals surface area contributed by atoms with Crippen molar-refractivity contribution in [2.75, 3.05) is 0 Å². The summed E-state index contributed by atoms with van der Waals surface area (Å²) < 4.78 is 13.1. The molecule has 1 aromatic heterocycles. The molecular formula is C24H18Br2N2O3. The van der Waals surface area contributed by atoms with Crippen LogP contribution in [0.25, 0.3) is 11.0 Å². The molecule has 156 valence electrons. The second kappa shape index (κ2) is 9.49. The smallest absolute Gasteiger partial charge is 0.307 e. The van der Waals surface area contributed by atoms with Gasteiger partial charge in [0.05, 0.1) is 15.2 Å². The summed E-state index contributed by atoms with van der Waals surface area (Å²) in [6.07, 6.45) is 1.56. The number of halogens is 2. The van der Waals surface area contributed by atoms with Crippen LogP contribution in [0.3, 0.4) is 0 Å². The molecule has 0 aliphatic rings. The van der Waals surface area contributed by atoms with E-state index in [1.807, 2.05) is 48.5 Å². The third-order valence-corrected chi connectivity index (χ3v) is 5.73. The van der Waals surface area contributed by atoms with Crippen molar-refractivity contribution in [1.29, 1.82) is 0 Å². The largest absolute Gasteiger partial charge is 0.487 e. The fourth-order valence-electron chi connectivity index (χ4n) is 2.95. The third kappa shape index (κ3) is 5.24. The number of para-hydroxylation sites is 1. The van der Waals surface area contributed by atoms with E-state index in [1.165, 1.54) is 5.56 Å². The molecular weight excluding hydrogens is 524 g/mol. The van der Waals surface area contributed by atoms with Crippen LogP contribution < -0.4 is 10.2 Å². The predicted octanol–water partition coefficient (Wildman–Crippen LogP) is 6.61. The van der Waals surface area contributed by atoms with Gasteiger partial charge in [-0.05, 0) is 74.2 Å². The van der Waals surface area contributed by atoms with Crippen molar-refractivity contribution in [3.05, 3.63) is 98.1 Å². The number of hydrazone groups is 1. The van der Waals surface area contributed by atoms with Gasteiger partial charge in [-0.2, -0.15) is 5.10 Å². The van der Waals surface area contributed by atoms with E-state index in [-0.39, 0.29) is 5.76 Å². The number of ether oxygens (including phenoxy) is 1. The highest BCUT2D eigenvalue weighted by Gasteiger charge is 2.12. The number of furan rings is 1. The number of hydrogen-bond acceptors (Lipinski definition) is 4. The highest BCUT2D eigenvalue weighted by Crippen LogP contribution is 2.35. The first kappa shape index (κ1) is 21.3. The number of nitrogens with zero attached hydrogens (tertiary/aromatic N) is 1. The van der Waals surface area contributed by atoms with E-state index in [4.69, 9.17) is 9.15 Å². The summed E-state index contributed by atoms with van der Waals surface area (Å²) in [5.74, 6) is 0.494. The van der Waals surface area contributed by atoms with Crippen LogP contribution in [0.2, 0.25) is 0 Å². The molecule has 1 heterocycles. The van der Waals surface area contributed by atoms with Gasteiger partial charge < -0.3 is 9.15 Å². The lowest BCUT2D eigenvalue weighted by Gasteiger charge is -2.11. The maximum Gasteiger partial charge on any atom is 0.307 e. The number of aryl methyl sites for hydroxylation is 1. The minimum atomic E-state index is -0.413. The molecule has 0 unspecified atom stereocenters. The maximum absolute atomic E-state index is 12.3. The molecule has 0 saturated carbocycles. The summed E-state index contributed by atoms with van der Waals surface area (Å²) in [5, 5.41) is 4.90. The Morgan fingerprint density at radius 2 is 1.77 bits per heavy atom. The Labute approximate surface area is 196 Å². The minimum absolute atomic E-state index is 0.209. The van der Waals surface area contributed by atoms with Gasteiger partial charge in [0.15, 0.2) is 5.76 Å². The fourth-order valence-corrected chi connectivity index (χ4v) is 4.40. The predicted molar refractivity (Wildman–Crippen MR) is 129 cm³/mol. The molecule has 0 aliphatic carbocycles. The zero-order chi connectivity index (χ0) is 21.8. The number of amides is 1. The van der Waals surface area contributed by atoms with Gasteiger partial charge in [0.2, 0.25) is 0 Å². The summed E-state index contributed by atoms with van der Waals surface area (Å²) >= 11 is 7.08. The van der Waals surface area contributed by atoms with Gasteiger partial charge in [-0.1, -0.05) is 48.0 Å². The van der Waals surface area contributed by atoms with Gasteiger partial charge in [-0.3, -0.25) is 4.79 Å². The molecule has 4 rings (SSSR count). The van der Waals surface area contributed by atoms with Crippen molar-refractivity contribution < 1.29 is 13.9 Å². The van der Waals surface area contributed by atoms with Crippen LogP contribution in [0.5, 0.6) is 5.75 Å². The van der Waals surface area contributed by atoms with Crippen molar-refractivity contribution in [3.8, 4) is 5.75 Å². The van der Waals surface area contributed by atoms with Crippen LogP contribution in [0.4, 0.5) is 0 Å². The SMILES string of the molecule is Cc1ccc(COc2c(Br)cc(/C=N/NC(=O)c3cc4ccccc4o3)cc2Br)cc1. The Morgan fingerprint density at radius 1 is 1.06 bits per heavy atom. The van der Waals surface area contributed by atoms with Crippen molar-refractivity contribution in [3.63, 3.8) is 0 Å². The second-order valence-electron chi connectivity index (χ2n) is 6.94. The molecule has 31 heavy (non-hydrogen) atoms. The molecule has 0 radical (unpaired) electrons. The van der Waals surface area contributed by atoms with Crippen LogP contribution in [-0.4, -0.2) is 12.1 Å². The third-order valence-electron chi connectivity index (χ3n) is 4.55. The number of carbonyl (C=O) groups excluding carboxylic acids is 1. The first-order chi connectivity index (χ1) is 15.0. The molecule has 0 spiro atoms. The Bertz CT molecular complexity index is 1210. The molecule has 0 bridgehead atoms. The van der Waals surface area contributed by atoms with Gasteiger partial charge in [0.25, 0.3) is 0 Å². The Hall–Kier alpha value is -2.90. The standard InChI is InChI=1S/C24H18Br2N2O3/c1-15-6-8-16(9-7-15)14-30-23-19(25)10-17(11-20(23)26)13-27-28-24(29)22-12-18-4-2-3-5-21(18)31-22/h2-13H,14H2,1H3,(H,28,29)/b27-13+. The van der Waals surface area contributed by atoms with E-state index in [1.54, 1.807) is 12.3 Å². The zero-order valence-corrected chi connectivity index (χ0v) is 19.7. The average molecular weight is 542 g/mol. The molecule has 1 N–H and O–H groups in total. The quantitative estimate of drug-likeness (QED) is 0.221. The monoisotopic (exact) mass is 540 g/mol. The molecule has 5 nitrogen and oxygen atoms in total. The number of fused-ring (bicyclic) bond motifs is 1. The van der Waals surface area contributed by atoms with Crippen molar-refractivity contribution >= 4 is 55.0 Å². The number of nitrogens with one attached hydrogen (secondary N) is 1.